The molecule has 1 aromatic carbocycles. The van der Waals surface area contributed by atoms with E-state index in [1.807, 2.05) is 43.9 Å². The minimum atomic E-state index is 0.0541. The van der Waals surface area contributed by atoms with Crippen LogP contribution in [0.3, 0.4) is 0 Å². The van der Waals surface area contributed by atoms with E-state index in [9.17, 15) is 4.79 Å². The van der Waals surface area contributed by atoms with Gasteiger partial charge in [-0.05, 0) is 44.5 Å². The molecule has 0 aliphatic carbocycles. The van der Waals surface area contributed by atoms with Crippen LogP contribution in [0.2, 0.25) is 0 Å². The summed E-state index contributed by atoms with van der Waals surface area (Å²) in [6.45, 7) is 7.55. The Hall–Kier alpha value is -1.83. The Bertz CT molecular complexity index is 576. The van der Waals surface area contributed by atoms with Gasteiger partial charge in [0.2, 0.25) is 0 Å². The molecule has 0 radical (unpaired) electrons. The molecule has 0 spiro atoms. The van der Waals surface area contributed by atoms with Crippen LogP contribution in [-0.4, -0.2) is 42.6 Å². The van der Waals surface area contributed by atoms with Crippen molar-refractivity contribution in [2.24, 2.45) is 5.73 Å². The standard InChI is InChI=1S/C17H22N2O2/c1-12-9-16(7-6-15(12)5-4-8-18)17(20)19-10-13(2)21-14(3)11-19/h6-7,9,13-14H,8,10-11,18H2,1-3H3/t13-,14+. The number of nitrogens with zero attached hydrogens (tertiary/aromatic N) is 1. The quantitative estimate of drug-likeness (QED) is 0.797. The van der Waals surface area contributed by atoms with Crippen LogP contribution in [0, 0.1) is 18.8 Å². The summed E-state index contributed by atoms with van der Waals surface area (Å²) in [4.78, 5) is 14.4. The third-order valence-corrected chi connectivity index (χ3v) is 3.51. The summed E-state index contributed by atoms with van der Waals surface area (Å²) in [5, 5.41) is 0. The zero-order valence-electron chi connectivity index (χ0n) is 12.8. The van der Waals surface area contributed by atoms with Gasteiger partial charge in [-0.3, -0.25) is 4.79 Å². The Kier molecular flexibility index (Phi) is 5.00. The fourth-order valence-electron chi connectivity index (χ4n) is 2.61. The van der Waals surface area contributed by atoms with Gasteiger partial charge in [-0.15, -0.1) is 0 Å². The summed E-state index contributed by atoms with van der Waals surface area (Å²) in [6, 6.07) is 5.62. The van der Waals surface area contributed by atoms with Gasteiger partial charge in [-0.25, -0.2) is 0 Å². The number of benzene rings is 1. The van der Waals surface area contributed by atoms with Gasteiger partial charge in [0.1, 0.15) is 0 Å². The fraction of sp³-hybridized carbons (Fsp3) is 0.471. The molecule has 1 aromatic rings. The zero-order valence-corrected chi connectivity index (χ0v) is 12.8. The summed E-state index contributed by atoms with van der Waals surface area (Å²) < 4.78 is 5.67. The maximum Gasteiger partial charge on any atom is 0.254 e. The molecule has 2 rings (SSSR count). The van der Waals surface area contributed by atoms with Crippen LogP contribution in [0.5, 0.6) is 0 Å². The molecule has 1 fully saturated rings. The summed E-state index contributed by atoms with van der Waals surface area (Å²) in [6.07, 6.45) is 0.155. The number of hydrogen-bond acceptors (Lipinski definition) is 3. The minimum Gasteiger partial charge on any atom is -0.372 e. The summed E-state index contributed by atoms with van der Waals surface area (Å²) in [5.74, 6) is 5.90. The average molecular weight is 286 g/mol. The number of rotatable bonds is 1. The van der Waals surface area contributed by atoms with E-state index >= 15 is 0 Å². The van der Waals surface area contributed by atoms with Crippen molar-refractivity contribution in [1.29, 1.82) is 0 Å². The van der Waals surface area contributed by atoms with Crippen LogP contribution in [0.1, 0.15) is 35.3 Å². The van der Waals surface area contributed by atoms with Gasteiger partial charge < -0.3 is 15.4 Å². The SMILES string of the molecule is Cc1cc(C(=O)N2C[C@@H](C)O[C@@H](C)C2)ccc1C#CCN. The van der Waals surface area contributed by atoms with E-state index in [4.69, 9.17) is 10.5 Å². The van der Waals surface area contributed by atoms with E-state index in [2.05, 4.69) is 11.8 Å². The van der Waals surface area contributed by atoms with E-state index in [0.717, 1.165) is 11.1 Å². The van der Waals surface area contributed by atoms with E-state index in [1.165, 1.54) is 0 Å². The highest BCUT2D eigenvalue weighted by atomic mass is 16.5. The van der Waals surface area contributed by atoms with Crippen molar-refractivity contribution < 1.29 is 9.53 Å². The van der Waals surface area contributed by atoms with Crippen molar-refractivity contribution in [1.82, 2.24) is 4.90 Å². The van der Waals surface area contributed by atoms with Gasteiger partial charge in [-0.2, -0.15) is 0 Å². The second-order valence-corrected chi connectivity index (χ2v) is 5.50. The molecule has 0 aromatic heterocycles. The first-order valence-electron chi connectivity index (χ1n) is 7.25. The molecule has 1 aliphatic heterocycles. The number of amides is 1. The van der Waals surface area contributed by atoms with Crippen molar-refractivity contribution in [2.75, 3.05) is 19.6 Å². The molecule has 0 unspecified atom stereocenters. The van der Waals surface area contributed by atoms with Gasteiger partial charge in [0.15, 0.2) is 0 Å². The predicted octanol–water partition coefficient (Wildman–Crippen LogP) is 1.55. The van der Waals surface area contributed by atoms with Crippen molar-refractivity contribution in [3.8, 4) is 11.8 Å². The minimum absolute atomic E-state index is 0.0541. The summed E-state index contributed by atoms with van der Waals surface area (Å²) in [7, 11) is 0. The molecule has 2 atom stereocenters. The normalized spacial score (nSPS) is 21.6. The molecule has 0 bridgehead atoms. The molecule has 1 aliphatic rings. The molecule has 1 amide bonds. The number of nitrogens with two attached hydrogens (primary N) is 1. The van der Waals surface area contributed by atoms with Crippen molar-refractivity contribution in [2.45, 2.75) is 33.0 Å². The number of carbonyl (C=O) groups excluding carboxylic acids is 1. The van der Waals surface area contributed by atoms with Crippen LogP contribution in [0.4, 0.5) is 0 Å². The molecule has 1 saturated heterocycles. The highest BCUT2D eigenvalue weighted by Gasteiger charge is 2.26. The van der Waals surface area contributed by atoms with E-state index in [1.54, 1.807) is 0 Å². The maximum absolute atomic E-state index is 12.6. The third-order valence-electron chi connectivity index (χ3n) is 3.51. The Labute approximate surface area is 126 Å². The second-order valence-electron chi connectivity index (χ2n) is 5.50. The fourth-order valence-corrected chi connectivity index (χ4v) is 2.61. The van der Waals surface area contributed by atoms with Gasteiger partial charge >= 0.3 is 0 Å². The van der Waals surface area contributed by atoms with Crippen molar-refractivity contribution in [3.05, 3.63) is 34.9 Å². The first-order chi connectivity index (χ1) is 10.0. The first kappa shape index (κ1) is 15.6. The van der Waals surface area contributed by atoms with Crippen LogP contribution < -0.4 is 5.73 Å². The highest BCUT2D eigenvalue weighted by molar-refractivity contribution is 5.94. The highest BCUT2D eigenvalue weighted by Crippen LogP contribution is 2.16. The Balaban J connectivity index is 2.18. The lowest BCUT2D eigenvalue weighted by Crippen LogP contribution is -2.48. The molecular formula is C17H22N2O2. The van der Waals surface area contributed by atoms with Crippen LogP contribution in [0.25, 0.3) is 0 Å². The molecule has 21 heavy (non-hydrogen) atoms. The van der Waals surface area contributed by atoms with Crippen LogP contribution in [-0.2, 0) is 4.74 Å². The lowest BCUT2D eigenvalue weighted by Gasteiger charge is -2.35. The van der Waals surface area contributed by atoms with E-state index < -0.39 is 0 Å². The summed E-state index contributed by atoms with van der Waals surface area (Å²) in [5.41, 5.74) is 8.00. The average Bonchev–Trinajstić information content (AvgIpc) is 2.44. The Morgan fingerprint density at radius 1 is 1.38 bits per heavy atom. The molecule has 1 heterocycles. The Morgan fingerprint density at radius 3 is 2.62 bits per heavy atom. The first-order valence-corrected chi connectivity index (χ1v) is 7.25. The molecule has 4 nitrogen and oxygen atoms in total. The molecule has 112 valence electrons. The van der Waals surface area contributed by atoms with Gasteiger partial charge in [-0.1, -0.05) is 11.8 Å². The van der Waals surface area contributed by atoms with Crippen molar-refractivity contribution >= 4 is 5.91 Å². The molecular weight excluding hydrogens is 264 g/mol. The monoisotopic (exact) mass is 286 g/mol. The maximum atomic E-state index is 12.6. The largest absolute Gasteiger partial charge is 0.372 e. The lowest BCUT2D eigenvalue weighted by atomic mass is 10.0. The topological polar surface area (TPSA) is 55.6 Å². The van der Waals surface area contributed by atoms with Crippen molar-refractivity contribution in [3.63, 3.8) is 0 Å². The van der Waals surface area contributed by atoms with E-state index in [-0.39, 0.29) is 18.1 Å². The number of hydrogen-bond donors (Lipinski definition) is 1. The Morgan fingerprint density at radius 2 is 2.05 bits per heavy atom. The predicted molar refractivity (Wildman–Crippen MR) is 83.0 cm³/mol. The van der Waals surface area contributed by atoms with Gasteiger partial charge in [0.05, 0.1) is 18.8 Å². The molecule has 4 heteroatoms. The van der Waals surface area contributed by atoms with Crippen LogP contribution in [0.15, 0.2) is 18.2 Å². The summed E-state index contributed by atoms with van der Waals surface area (Å²) >= 11 is 0. The number of carbonyl (C=O) groups is 1. The third kappa shape index (κ3) is 3.84. The number of morpholine rings is 1. The van der Waals surface area contributed by atoms with Gasteiger partial charge in [0, 0.05) is 24.2 Å². The second kappa shape index (κ2) is 6.75. The number of ether oxygens (including phenoxy) is 1. The molecule has 0 saturated carbocycles. The molecule has 2 N–H and O–H groups in total. The van der Waals surface area contributed by atoms with E-state index in [0.29, 0.717) is 25.2 Å². The van der Waals surface area contributed by atoms with Gasteiger partial charge in [0.25, 0.3) is 5.91 Å². The number of aryl methyl sites for hydroxylation is 1. The smallest absolute Gasteiger partial charge is 0.254 e. The lowest BCUT2D eigenvalue weighted by molar-refractivity contribution is -0.0586. The van der Waals surface area contributed by atoms with Crippen LogP contribution >= 0.6 is 0 Å². The zero-order chi connectivity index (χ0) is 15.4.